The molecule has 0 bridgehead atoms. The molecule has 0 aliphatic carbocycles. The van der Waals surface area contributed by atoms with Crippen molar-refractivity contribution in [1.82, 2.24) is 15.3 Å². The lowest BCUT2D eigenvalue weighted by Crippen LogP contribution is -2.18. The van der Waals surface area contributed by atoms with Crippen LogP contribution in [0.25, 0.3) is 0 Å². The van der Waals surface area contributed by atoms with Gasteiger partial charge in [0, 0.05) is 36.5 Å². The van der Waals surface area contributed by atoms with Crippen LogP contribution in [0.1, 0.15) is 15.9 Å². The predicted octanol–water partition coefficient (Wildman–Crippen LogP) is 3.98. The largest absolute Gasteiger partial charge is 0.355 e. The zero-order valence-electron chi connectivity index (χ0n) is 15.8. The van der Waals surface area contributed by atoms with Crippen LogP contribution >= 0.6 is 11.6 Å². The molecular weight excluding hydrogens is 413 g/mol. The third-order valence-electron chi connectivity index (χ3n) is 4.37. The van der Waals surface area contributed by atoms with Crippen molar-refractivity contribution in [1.29, 1.82) is 0 Å². The van der Waals surface area contributed by atoms with Crippen LogP contribution < -0.4 is 20.8 Å². The van der Waals surface area contributed by atoms with E-state index in [1.807, 2.05) is 6.07 Å². The molecule has 0 unspecified atom stereocenters. The number of anilines is 4. The van der Waals surface area contributed by atoms with Gasteiger partial charge in [-0.15, -0.1) is 0 Å². The fraction of sp³-hybridized carbons (Fsp3) is 0.150. The summed E-state index contributed by atoms with van der Waals surface area (Å²) < 4.78 is 14.3. The molecule has 10 heteroatoms. The summed E-state index contributed by atoms with van der Waals surface area (Å²) in [6.45, 7) is 0.488. The van der Waals surface area contributed by atoms with Gasteiger partial charge in [-0.05, 0) is 24.3 Å². The molecule has 0 saturated carbocycles. The number of carbonyl (C=O) groups excluding carboxylic acids is 1. The second kappa shape index (κ2) is 8.52. The molecule has 1 aliphatic heterocycles. The van der Waals surface area contributed by atoms with Gasteiger partial charge < -0.3 is 20.8 Å². The van der Waals surface area contributed by atoms with Crippen molar-refractivity contribution in [2.45, 2.75) is 6.42 Å². The Morgan fingerprint density at radius 1 is 1.17 bits per heavy atom. The third-order valence-corrected chi connectivity index (χ3v) is 4.70. The van der Waals surface area contributed by atoms with E-state index in [1.54, 1.807) is 30.3 Å². The molecule has 0 spiro atoms. The van der Waals surface area contributed by atoms with Crippen LogP contribution in [0, 0.1) is 5.82 Å². The molecule has 4 rings (SSSR count). The van der Waals surface area contributed by atoms with E-state index in [-0.39, 0.29) is 17.7 Å². The van der Waals surface area contributed by atoms with Gasteiger partial charge in [0.05, 0.1) is 23.4 Å². The Labute approximate surface area is 176 Å². The van der Waals surface area contributed by atoms with E-state index in [2.05, 4.69) is 25.9 Å². The molecule has 0 radical (unpaired) electrons. The van der Waals surface area contributed by atoms with Crippen LogP contribution in [0.4, 0.5) is 27.5 Å². The standard InChI is InChI=1S/C20H17ClFN5O3/c1-23-19(28)14-8-12(4-5-15(14)21)26-20-24-10-16(22)18(27-20)25-13-3-2-11-6-7-29-30-17(11)9-13/h2-5,8-10H,6-7H2,1H3,(H,23,28)(H2,24,25,26,27). The number of amides is 1. The summed E-state index contributed by atoms with van der Waals surface area (Å²) in [5.41, 5.74) is 2.40. The van der Waals surface area contributed by atoms with Crippen molar-refractivity contribution in [3.63, 3.8) is 0 Å². The quantitative estimate of drug-likeness (QED) is 0.528. The summed E-state index contributed by atoms with van der Waals surface area (Å²) in [7, 11) is 1.51. The van der Waals surface area contributed by atoms with Gasteiger partial charge in [0.25, 0.3) is 5.91 Å². The number of halogens is 2. The van der Waals surface area contributed by atoms with Gasteiger partial charge in [0.2, 0.25) is 5.95 Å². The average Bonchev–Trinajstić information content (AvgIpc) is 2.76. The maximum Gasteiger partial charge on any atom is 0.252 e. The van der Waals surface area contributed by atoms with E-state index in [1.165, 1.54) is 7.05 Å². The van der Waals surface area contributed by atoms with E-state index < -0.39 is 5.82 Å². The number of hydrogen-bond acceptors (Lipinski definition) is 7. The molecule has 3 aromatic rings. The number of rotatable bonds is 5. The van der Waals surface area contributed by atoms with Crippen molar-refractivity contribution in [3.8, 4) is 5.75 Å². The molecule has 1 aromatic heterocycles. The Morgan fingerprint density at radius 2 is 1.97 bits per heavy atom. The highest BCUT2D eigenvalue weighted by molar-refractivity contribution is 6.34. The summed E-state index contributed by atoms with van der Waals surface area (Å²) in [5.74, 6) is -0.268. The number of hydrogen-bond donors (Lipinski definition) is 3. The minimum atomic E-state index is -0.627. The Kier molecular flexibility index (Phi) is 5.64. The molecule has 8 nitrogen and oxygen atoms in total. The maximum atomic E-state index is 14.3. The Balaban J connectivity index is 1.56. The van der Waals surface area contributed by atoms with Crippen molar-refractivity contribution >= 4 is 40.6 Å². The molecule has 2 aromatic carbocycles. The first-order valence-electron chi connectivity index (χ1n) is 9.04. The smallest absolute Gasteiger partial charge is 0.252 e. The average molecular weight is 430 g/mol. The van der Waals surface area contributed by atoms with Gasteiger partial charge in [0.1, 0.15) is 0 Å². The van der Waals surface area contributed by atoms with Gasteiger partial charge in [-0.3, -0.25) is 4.79 Å². The van der Waals surface area contributed by atoms with Crippen molar-refractivity contribution in [2.24, 2.45) is 0 Å². The molecule has 2 heterocycles. The highest BCUT2D eigenvalue weighted by Gasteiger charge is 2.15. The Bertz CT molecular complexity index is 1110. The van der Waals surface area contributed by atoms with E-state index in [4.69, 9.17) is 21.4 Å². The summed E-state index contributed by atoms with van der Waals surface area (Å²) in [4.78, 5) is 30.2. The second-order valence-corrected chi connectivity index (χ2v) is 6.80. The lowest BCUT2D eigenvalue weighted by molar-refractivity contribution is -0.215. The van der Waals surface area contributed by atoms with Crippen LogP contribution in [-0.4, -0.2) is 29.5 Å². The van der Waals surface area contributed by atoms with Crippen molar-refractivity contribution in [3.05, 3.63) is 64.6 Å². The van der Waals surface area contributed by atoms with Crippen LogP contribution in [0.3, 0.4) is 0 Å². The molecule has 0 atom stereocenters. The number of nitrogens with zero attached hydrogens (tertiary/aromatic N) is 2. The van der Waals surface area contributed by atoms with Crippen LogP contribution in [0.2, 0.25) is 5.02 Å². The summed E-state index contributed by atoms with van der Waals surface area (Å²) >= 11 is 6.06. The zero-order chi connectivity index (χ0) is 21.1. The minimum absolute atomic E-state index is 0.0235. The summed E-state index contributed by atoms with van der Waals surface area (Å²) in [5, 5.41) is 8.67. The van der Waals surface area contributed by atoms with Gasteiger partial charge in [-0.2, -0.15) is 9.87 Å². The van der Waals surface area contributed by atoms with Gasteiger partial charge in [-0.25, -0.2) is 9.37 Å². The van der Waals surface area contributed by atoms with Crippen LogP contribution in [0.15, 0.2) is 42.6 Å². The Morgan fingerprint density at radius 3 is 2.80 bits per heavy atom. The molecule has 30 heavy (non-hydrogen) atoms. The van der Waals surface area contributed by atoms with Gasteiger partial charge in [0.15, 0.2) is 17.4 Å². The molecule has 1 amide bonds. The highest BCUT2D eigenvalue weighted by atomic mass is 35.5. The topological polar surface area (TPSA) is 97.4 Å². The van der Waals surface area contributed by atoms with Crippen LogP contribution in [0.5, 0.6) is 5.75 Å². The van der Waals surface area contributed by atoms with Crippen molar-refractivity contribution in [2.75, 3.05) is 24.3 Å². The Hall–Kier alpha value is -3.43. The number of nitrogens with one attached hydrogen (secondary N) is 3. The molecule has 1 aliphatic rings. The lowest BCUT2D eigenvalue weighted by Gasteiger charge is -2.17. The molecule has 0 fully saturated rings. The SMILES string of the molecule is CNC(=O)c1cc(Nc2ncc(F)c(Nc3ccc4c(c3)OOCC4)n2)ccc1Cl. The number of benzene rings is 2. The molecular formula is C20H17ClFN5O3. The highest BCUT2D eigenvalue weighted by Crippen LogP contribution is 2.29. The molecule has 0 saturated heterocycles. The van der Waals surface area contributed by atoms with Crippen molar-refractivity contribution < 1.29 is 19.0 Å². The summed E-state index contributed by atoms with van der Waals surface area (Å²) in [6.07, 6.45) is 1.79. The zero-order valence-corrected chi connectivity index (χ0v) is 16.6. The van der Waals surface area contributed by atoms with Crippen LogP contribution in [-0.2, 0) is 11.3 Å². The van der Waals surface area contributed by atoms with E-state index >= 15 is 0 Å². The third kappa shape index (κ3) is 4.27. The number of fused-ring (bicyclic) bond motifs is 1. The first-order chi connectivity index (χ1) is 14.5. The molecule has 154 valence electrons. The van der Waals surface area contributed by atoms with E-state index in [9.17, 15) is 9.18 Å². The minimum Gasteiger partial charge on any atom is -0.355 e. The first kappa shape index (κ1) is 19.9. The van der Waals surface area contributed by atoms with Gasteiger partial charge in [-0.1, -0.05) is 17.7 Å². The van der Waals surface area contributed by atoms with E-state index in [0.717, 1.165) is 18.2 Å². The predicted molar refractivity (Wildman–Crippen MR) is 110 cm³/mol. The van der Waals surface area contributed by atoms with Gasteiger partial charge >= 0.3 is 0 Å². The number of carbonyl (C=O) groups is 1. The second-order valence-electron chi connectivity index (χ2n) is 6.39. The fourth-order valence-corrected chi connectivity index (χ4v) is 3.07. The molecule has 3 N–H and O–H groups in total. The monoisotopic (exact) mass is 429 g/mol. The normalized spacial score (nSPS) is 12.5. The summed E-state index contributed by atoms with van der Waals surface area (Å²) in [6, 6.07) is 10.2. The fourth-order valence-electron chi connectivity index (χ4n) is 2.87. The number of aromatic nitrogens is 2. The van der Waals surface area contributed by atoms with E-state index in [0.29, 0.717) is 34.3 Å². The lowest BCUT2D eigenvalue weighted by atomic mass is 10.1. The maximum absolute atomic E-state index is 14.3. The first-order valence-corrected chi connectivity index (χ1v) is 9.42.